The zero-order valence-corrected chi connectivity index (χ0v) is 9.27. The molecule has 2 N–H and O–H groups in total. The monoisotopic (exact) mass is 224 g/mol. The number of carbonyl (C=O) groups excluding carboxylic acids is 1. The molecule has 1 fully saturated rings. The summed E-state index contributed by atoms with van der Waals surface area (Å²) in [6.45, 7) is 2.16. The summed E-state index contributed by atoms with van der Waals surface area (Å²) in [4.78, 5) is 20.1. The van der Waals surface area contributed by atoms with Gasteiger partial charge in [0.2, 0.25) is 0 Å². The van der Waals surface area contributed by atoms with Crippen LogP contribution in [0.2, 0.25) is 0 Å². The van der Waals surface area contributed by atoms with Crippen molar-refractivity contribution in [2.24, 2.45) is 0 Å². The summed E-state index contributed by atoms with van der Waals surface area (Å²) < 4.78 is 4.67. The fourth-order valence-corrected chi connectivity index (χ4v) is 1.86. The number of nitrogens with zero attached hydrogens (tertiary/aromatic N) is 2. The number of ether oxygens (including phenoxy) is 1. The molecule has 1 aromatic heterocycles. The van der Waals surface area contributed by atoms with Gasteiger partial charge in [-0.25, -0.2) is 9.78 Å². The molecule has 1 saturated heterocycles. The van der Waals surface area contributed by atoms with E-state index in [1.807, 2.05) is 0 Å². The summed E-state index contributed by atoms with van der Waals surface area (Å²) in [5, 5.41) is 3.35. The van der Waals surface area contributed by atoms with Gasteiger partial charge < -0.3 is 19.9 Å². The van der Waals surface area contributed by atoms with Crippen molar-refractivity contribution in [3.8, 4) is 0 Å². The van der Waals surface area contributed by atoms with Crippen molar-refractivity contribution >= 4 is 6.09 Å². The topological polar surface area (TPSA) is 70.2 Å². The number of aromatic amines is 1. The van der Waals surface area contributed by atoms with Crippen molar-refractivity contribution in [1.82, 2.24) is 20.2 Å². The molecule has 0 aliphatic carbocycles. The molecule has 1 aliphatic heterocycles. The molecule has 1 unspecified atom stereocenters. The lowest BCUT2D eigenvalue weighted by atomic mass is 10.2. The van der Waals surface area contributed by atoms with Crippen LogP contribution < -0.4 is 5.32 Å². The van der Waals surface area contributed by atoms with Crippen LogP contribution in [-0.2, 0) is 11.3 Å². The maximum absolute atomic E-state index is 11.2. The number of carbonyl (C=O) groups is 1. The Labute approximate surface area is 94.0 Å². The highest BCUT2D eigenvalue weighted by Gasteiger charge is 2.26. The van der Waals surface area contributed by atoms with E-state index in [1.165, 1.54) is 7.11 Å². The highest BCUT2D eigenvalue weighted by Crippen LogP contribution is 2.10. The number of rotatable bonds is 3. The number of nitrogens with one attached hydrogen (secondary N) is 2. The number of imidazole rings is 1. The molecule has 0 bridgehead atoms. The van der Waals surface area contributed by atoms with Gasteiger partial charge in [0.1, 0.15) is 5.82 Å². The minimum absolute atomic E-state index is 0.248. The molecule has 6 nitrogen and oxygen atoms in total. The summed E-state index contributed by atoms with van der Waals surface area (Å²) in [7, 11) is 1.41. The number of H-pyrrole nitrogens is 1. The lowest BCUT2D eigenvalue weighted by molar-refractivity contribution is 0.132. The van der Waals surface area contributed by atoms with E-state index in [0.29, 0.717) is 19.1 Å². The van der Waals surface area contributed by atoms with Crippen LogP contribution in [0.25, 0.3) is 0 Å². The SMILES string of the molecule is COC(=O)N1CCC(NCc2ncc[nH]2)C1. The van der Waals surface area contributed by atoms with Gasteiger partial charge in [-0.15, -0.1) is 0 Å². The smallest absolute Gasteiger partial charge is 0.409 e. The third kappa shape index (κ3) is 2.52. The maximum atomic E-state index is 11.2. The number of likely N-dealkylation sites (tertiary alicyclic amines) is 1. The molecular weight excluding hydrogens is 208 g/mol. The van der Waals surface area contributed by atoms with E-state index in [9.17, 15) is 4.79 Å². The summed E-state index contributed by atoms with van der Waals surface area (Å²) in [6.07, 6.45) is 4.23. The predicted molar refractivity (Wildman–Crippen MR) is 57.8 cm³/mol. The third-order valence-corrected chi connectivity index (χ3v) is 2.73. The van der Waals surface area contributed by atoms with Gasteiger partial charge in [-0.2, -0.15) is 0 Å². The van der Waals surface area contributed by atoms with Crippen molar-refractivity contribution in [3.63, 3.8) is 0 Å². The molecule has 2 heterocycles. The minimum Gasteiger partial charge on any atom is -0.453 e. The highest BCUT2D eigenvalue weighted by molar-refractivity contribution is 5.67. The van der Waals surface area contributed by atoms with Crippen molar-refractivity contribution in [2.45, 2.75) is 19.0 Å². The second-order valence-corrected chi connectivity index (χ2v) is 3.82. The second kappa shape index (κ2) is 4.98. The molecule has 6 heteroatoms. The standard InChI is InChI=1S/C10H16N4O2/c1-16-10(15)14-5-2-8(7-14)13-6-9-11-3-4-12-9/h3-4,8,13H,2,5-7H2,1H3,(H,11,12). The Morgan fingerprint density at radius 2 is 2.69 bits per heavy atom. The Bertz CT molecular complexity index is 339. The minimum atomic E-state index is -0.248. The molecule has 1 aliphatic rings. The largest absolute Gasteiger partial charge is 0.453 e. The van der Waals surface area contributed by atoms with Crippen LogP contribution in [0.15, 0.2) is 12.4 Å². The normalized spacial score (nSPS) is 20.1. The van der Waals surface area contributed by atoms with Crippen LogP contribution in [0.3, 0.4) is 0 Å². The Balaban J connectivity index is 1.75. The van der Waals surface area contributed by atoms with Gasteiger partial charge in [0, 0.05) is 31.5 Å². The van der Waals surface area contributed by atoms with E-state index in [0.717, 1.165) is 18.8 Å². The Kier molecular flexibility index (Phi) is 3.40. The van der Waals surface area contributed by atoms with E-state index in [-0.39, 0.29) is 6.09 Å². The van der Waals surface area contributed by atoms with Crippen molar-refractivity contribution < 1.29 is 9.53 Å². The van der Waals surface area contributed by atoms with Gasteiger partial charge in [0.15, 0.2) is 0 Å². The Hall–Kier alpha value is -1.56. The molecule has 0 aromatic carbocycles. The first kappa shape index (κ1) is 10.9. The fourth-order valence-electron chi connectivity index (χ4n) is 1.86. The molecule has 1 amide bonds. The quantitative estimate of drug-likeness (QED) is 0.776. The molecule has 1 atom stereocenters. The Morgan fingerprint density at radius 1 is 1.81 bits per heavy atom. The van der Waals surface area contributed by atoms with Crippen molar-refractivity contribution in [2.75, 3.05) is 20.2 Å². The number of methoxy groups -OCH3 is 1. The zero-order chi connectivity index (χ0) is 11.4. The van der Waals surface area contributed by atoms with Gasteiger partial charge in [0.05, 0.1) is 13.7 Å². The van der Waals surface area contributed by atoms with E-state index in [4.69, 9.17) is 0 Å². The van der Waals surface area contributed by atoms with E-state index in [2.05, 4.69) is 20.0 Å². The Morgan fingerprint density at radius 3 is 3.38 bits per heavy atom. The molecular formula is C10H16N4O2. The van der Waals surface area contributed by atoms with Crippen LogP contribution in [0.1, 0.15) is 12.2 Å². The average Bonchev–Trinajstić information content (AvgIpc) is 2.96. The van der Waals surface area contributed by atoms with Crippen LogP contribution >= 0.6 is 0 Å². The summed E-state index contributed by atoms with van der Waals surface area (Å²) in [5.74, 6) is 0.913. The first-order valence-electron chi connectivity index (χ1n) is 5.34. The first-order chi connectivity index (χ1) is 7.79. The van der Waals surface area contributed by atoms with Gasteiger partial charge in [-0.3, -0.25) is 0 Å². The number of aromatic nitrogens is 2. The zero-order valence-electron chi connectivity index (χ0n) is 9.27. The molecule has 0 spiro atoms. The van der Waals surface area contributed by atoms with Gasteiger partial charge in [0.25, 0.3) is 0 Å². The highest BCUT2D eigenvalue weighted by atomic mass is 16.5. The molecule has 0 saturated carbocycles. The van der Waals surface area contributed by atoms with E-state index >= 15 is 0 Å². The van der Waals surface area contributed by atoms with E-state index in [1.54, 1.807) is 17.3 Å². The lowest BCUT2D eigenvalue weighted by Gasteiger charge is -2.14. The summed E-state index contributed by atoms with van der Waals surface area (Å²) in [6, 6.07) is 0.323. The van der Waals surface area contributed by atoms with Crippen LogP contribution in [0.5, 0.6) is 0 Å². The van der Waals surface area contributed by atoms with Crippen LogP contribution in [0, 0.1) is 0 Å². The van der Waals surface area contributed by atoms with Gasteiger partial charge in [-0.1, -0.05) is 0 Å². The lowest BCUT2D eigenvalue weighted by Crippen LogP contribution is -2.34. The maximum Gasteiger partial charge on any atom is 0.409 e. The van der Waals surface area contributed by atoms with Gasteiger partial charge >= 0.3 is 6.09 Å². The third-order valence-electron chi connectivity index (χ3n) is 2.73. The number of hydrogen-bond acceptors (Lipinski definition) is 4. The molecule has 16 heavy (non-hydrogen) atoms. The van der Waals surface area contributed by atoms with Crippen LogP contribution in [0.4, 0.5) is 4.79 Å². The summed E-state index contributed by atoms with van der Waals surface area (Å²) in [5.41, 5.74) is 0. The number of amides is 1. The number of hydrogen-bond donors (Lipinski definition) is 2. The molecule has 88 valence electrons. The molecule has 2 rings (SSSR count). The van der Waals surface area contributed by atoms with E-state index < -0.39 is 0 Å². The molecule has 0 radical (unpaired) electrons. The average molecular weight is 224 g/mol. The van der Waals surface area contributed by atoms with Crippen molar-refractivity contribution in [3.05, 3.63) is 18.2 Å². The van der Waals surface area contributed by atoms with Crippen LogP contribution in [-0.4, -0.2) is 47.2 Å². The van der Waals surface area contributed by atoms with Gasteiger partial charge in [-0.05, 0) is 6.42 Å². The summed E-state index contributed by atoms with van der Waals surface area (Å²) >= 11 is 0. The van der Waals surface area contributed by atoms with Crippen molar-refractivity contribution in [1.29, 1.82) is 0 Å². The first-order valence-corrected chi connectivity index (χ1v) is 5.34. The molecule has 1 aromatic rings. The predicted octanol–water partition coefficient (Wildman–Crippen LogP) is 0.340. The second-order valence-electron chi connectivity index (χ2n) is 3.82. The fraction of sp³-hybridized carbons (Fsp3) is 0.600.